The molecule has 2 aliphatic heterocycles. The first-order chi connectivity index (χ1) is 9.95. The number of ether oxygens (including phenoxy) is 2. The number of nitrogens with zero attached hydrogens (tertiary/aromatic N) is 1. The lowest BCUT2D eigenvalue weighted by Gasteiger charge is -2.23. The van der Waals surface area contributed by atoms with Crippen LogP contribution in [-0.4, -0.2) is 47.5 Å². The molecular weight excluding hydrogens is 312 g/mol. The predicted octanol–water partition coefficient (Wildman–Crippen LogP) is 1.12. The van der Waals surface area contributed by atoms with Crippen molar-refractivity contribution >= 4 is 33.2 Å². The molecule has 0 saturated carbocycles. The van der Waals surface area contributed by atoms with E-state index in [4.69, 9.17) is 21.7 Å². The fraction of sp³-hybridized carbons (Fsp3) is 0.462. The van der Waals surface area contributed by atoms with Crippen LogP contribution in [0.25, 0.3) is 0 Å². The Labute approximate surface area is 129 Å². The van der Waals surface area contributed by atoms with Gasteiger partial charge in [-0.05, 0) is 24.4 Å². The van der Waals surface area contributed by atoms with Crippen LogP contribution < -0.4 is 19.7 Å². The molecule has 1 aromatic carbocycles. The summed E-state index contributed by atoms with van der Waals surface area (Å²) < 4.78 is 32.2. The second-order valence-electron chi connectivity index (χ2n) is 5.14. The average molecular weight is 329 g/mol. The SMILES string of the molecule is COc1ccc(N2C(=S)N[C@@H]3C[S+](=O)(O)C[C@@H]32)cc1OC. The zero-order chi connectivity index (χ0) is 15.2. The normalized spacial score (nSPS) is 31.0. The number of hydrogen-bond donors (Lipinski definition) is 2. The maximum Gasteiger partial charge on any atom is 0.218 e. The molecule has 2 fully saturated rings. The molecule has 0 amide bonds. The molecule has 0 radical (unpaired) electrons. The van der Waals surface area contributed by atoms with Crippen LogP contribution in [0.4, 0.5) is 5.69 Å². The van der Waals surface area contributed by atoms with E-state index in [1.807, 2.05) is 17.0 Å². The van der Waals surface area contributed by atoms with Crippen molar-refractivity contribution in [2.24, 2.45) is 0 Å². The van der Waals surface area contributed by atoms with Gasteiger partial charge in [-0.25, -0.2) is 0 Å². The van der Waals surface area contributed by atoms with Crippen LogP contribution in [0, 0.1) is 0 Å². The number of anilines is 1. The first-order valence-electron chi connectivity index (χ1n) is 6.49. The van der Waals surface area contributed by atoms with Crippen LogP contribution in [0.2, 0.25) is 0 Å². The summed E-state index contributed by atoms with van der Waals surface area (Å²) >= 11 is 5.36. The van der Waals surface area contributed by atoms with E-state index >= 15 is 0 Å². The Bertz CT molecular complexity index is 637. The van der Waals surface area contributed by atoms with Gasteiger partial charge in [0.1, 0.15) is 12.1 Å². The van der Waals surface area contributed by atoms with Crippen molar-refractivity contribution in [3.63, 3.8) is 0 Å². The third kappa shape index (κ3) is 2.47. The van der Waals surface area contributed by atoms with Gasteiger partial charge in [-0.3, -0.25) is 0 Å². The number of methoxy groups -OCH3 is 2. The van der Waals surface area contributed by atoms with Crippen LogP contribution in [-0.2, 0) is 14.4 Å². The molecule has 21 heavy (non-hydrogen) atoms. The highest BCUT2D eigenvalue weighted by Crippen LogP contribution is 2.36. The molecule has 2 saturated heterocycles. The van der Waals surface area contributed by atoms with E-state index in [2.05, 4.69) is 5.32 Å². The van der Waals surface area contributed by atoms with E-state index in [1.165, 1.54) is 0 Å². The van der Waals surface area contributed by atoms with E-state index in [0.29, 0.717) is 16.6 Å². The maximum atomic E-state index is 11.9. The van der Waals surface area contributed by atoms with Crippen molar-refractivity contribution in [1.29, 1.82) is 0 Å². The highest BCUT2D eigenvalue weighted by Gasteiger charge is 2.54. The molecule has 0 spiro atoms. The summed E-state index contributed by atoms with van der Waals surface area (Å²) in [4.78, 5) is 1.89. The lowest BCUT2D eigenvalue weighted by molar-refractivity contribution is 0.355. The van der Waals surface area contributed by atoms with Gasteiger partial charge in [0.2, 0.25) is 10.2 Å². The van der Waals surface area contributed by atoms with Gasteiger partial charge >= 0.3 is 0 Å². The number of hydrogen-bond acceptors (Lipinski definition) is 4. The maximum absolute atomic E-state index is 11.9. The molecule has 3 rings (SSSR count). The lowest BCUT2D eigenvalue weighted by atomic mass is 10.1. The van der Waals surface area contributed by atoms with Crippen LogP contribution in [0.3, 0.4) is 0 Å². The second-order valence-corrected chi connectivity index (χ2v) is 7.74. The lowest BCUT2D eigenvalue weighted by Crippen LogP contribution is -2.37. The summed E-state index contributed by atoms with van der Waals surface area (Å²) in [6.45, 7) is 0. The monoisotopic (exact) mass is 329 g/mol. The second kappa shape index (κ2) is 5.11. The Kier molecular flexibility index (Phi) is 3.54. The molecule has 1 aromatic rings. The molecule has 2 aliphatic rings. The van der Waals surface area contributed by atoms with E-state index in [1.54, 1.807) is 20.3 Å². The van der Waals surface area contributed by atoms with Crippen molar-refractivity contribution in [3.8, 4) is 11.5 Å². The molecule has 2 heterocycles. The molecule has 0 aromatic heterocycles. The summed E-state index contributed by atoms with van der Waals surface area (Å²) in [5.41, 5.74) is 0.828. The summed E-state index contributed by atoms with van der Waals surface area (Å²) in [5.74, 6) is 1.69. The van der Waals surface area contributed by atoms with Crippen molar-refractivity contribution in [3.05, 3.63) is 18.2 Å². The molecule has 6 nitrogen and oxygen atoms in total. The van der Waals surface area contributed by atoms with Gasteiger partial charge in [0, 0.05) is 11.8 Å². The number of rotatable bonds is 3. The number of fused-ring (bicyclic) bond motifs is 1. The molecule has 3 atom stereocenters. The van der Waals surface area contributed by atoms with E-state index in [-0.39, 0.29) is 23.6 Å². The first kappa shape index (κ1) is 14.6. The van der Waals surface area contributed by atoms with Crippen molar-refractivity contribution < 1.29 is 18.2 Å². The van der Waals surface area contributed by atoms with Crippen molar-refractivity contribution in [1.82, 2.24) is 5.32 Å². The van der Waals surface area contributed by atoms with Crippen LogP contribution in [0.15, 0.2) is 18.2 Å². The van der Waals surface area contributed by atoms with Crippen LogP contribution in [0.5, 0.6) is 11.5 Å². The molecule has 0 bridgehead atoms. The van der Waals surface area contributed by atoms with E-state index < -0.39 is 10.2 Å². The van der Waals surface area contributed by atoms with Gasteiger partial charge in [0.25, 0.3) is 0 Å². The molecule has 0 aliphatic carbocycles. The minimum atomic E-state index is -2.77. The third-order valence-electron chi connectivity index (χ3n) is 3.84. The van der Waals surface area contributed by atoms with Gasteiger partial charge in [-0.15, -0.1) is 0 Å². The minimum absolute atomic E-state index is 0.0805. The predicted molar refractivity (Wildman–Crippen MR) is 85.7 cm³/mol. The number of thiocarbonyl (C=S) groups is 1. The number of nitrogens with one attached hydrogen (secondary N) is 1. The Morgan fingerprint density at radius 3 is 2.71 bits per heavy atom. The molecule has 1 unspecified atom stereocenters. The topological polar surface area (TPSA) is 71.0 Å². The summed E-state index contributed by atoms with van der Waals surface area (Å²) in [7, 11) is 0.379. The quantitative estimate of drug-likeness (QED) is 0.636. The highest BCUT2D eigenvalue weighted by molar-refractivity contribution is 7.98. The number of benzene rings is 1. The van der Waals surface area contributed by atoms with Crippen molar-refractivity contribution in [2.75, 3.05) is 30.6 Å². The van der Waals surface area contributed by atoms with Gasteiger partial charge in [0.15, 0.2) is 28.1 Å². The Morgan fingerprint density at radius 1 is 1.33 bits per heavy atom. The van der Waals surface area contributed by atoms with Gasteiger partial charge in [-0.2, -0.15) is 4.55 Å². The van der Waals surface area contributed by atoms with Crippen LogP contribution >= 0.6 is 12.2 Å². The Morgan fingerprint density at radius 2 is 2.05 bits per heavy atom. The minimum Gasteiger partial charge on any atom is -0.493 e. The summed E-state index contributed by atoms with van der Waals surface area (Å²) in [6, 6.07) is 5.31. The van der Waals surface area contributed by atoms with Gasteiger partial charge in [-0.1, -0.05) is 4.21 Å². The van der Waals surface area contributed by atoms with Crippen molar-refractivity contribution in [2.45, 2.75) is 12.1 Å². The third-order valence-corrected chi connectivity index (χ3v) is 5.90. The standard InChI is InChI=1S/C13H16N2O4S2/c1-18-11-4-3-8(5-12(11)19-2)15-10-7-21(16,17)6-9(10)14-13(15)20/h3-5,9-10H,6-7H2,1-2H3,(H-,14,16,17,20)/p+1/t9-,10+/m1/s1. The van der Waals surface area contributed by atoms with Gasteiger partial charge in [0.05, 0.1) is 14.2 Å². The highest BCUT2D eigenvalue weighted by atomic mass is 32.3. The van der Waals surface area contributed by atoms with Crippen LogP contribution in [0.1, 0.15) is 0 Å². The Hall–Kier alpha value is -1.38. The molecule has 2 N–H and O–H groups in total. The fourth-order valence-electron chi connectivity index (χ4n) is 2.90. The molecular formula is C13H17N2O4S2+. The zero-order valence-corrected chi connectivity index (χ0v) is 13.4. The molecule has 114 valence electrons. The van der Waals surface area contributed by atoms with E-state index in [9.17, 15) is 8.76 Å². The fourth-order valence-corrected chi connectivity index (χ4v) is 5.21. The molecule has 8 heteroatoms. The summed E-state index contributed by atoms with van der Waals surface area (Å²) in [6.07, 6.45) is 0. The largest absolute Gasteiger partial charge is 0.493 e. The smallest absolute Gasteiger partial charge is 0.218 e. The average Bonchev–Trinajstić information content (AvgIpc) is 2.88. The summed E-state index contributed by atoms with van der Waals surface area (Å²) in [5, 5.41) is 3.71. The first-order valence-corrected chi connectivity index (χ1v) is 8.75. The zero-order valence-electron chi connectivity index (χ0n) is 11.7. The Balaban J connectivity index is 1.96. The van der Waals surface area contributed by atoms with E-state index in [0.717, 1.165) is 5.69 Å². The van der Waals surface area contributed by atoms with Gasteiger partial charge < -0.3 is 19.7 Å².